The van der Waals surface area contributed by atoms with Gasteiger partial charge in [0.05, 0.1) is 29.6 Å². The van der Waals surface area contributed by atoms with E-state index in [-0.39, 0.29) is 17.5 Å². The van der Waals surface area contributed by atoms with Gasteiger partial charge in [-0.3, -0.25) is 10.6 Å². The third-order valence-corrected chi connectivity index (χ3v) is 3.24. The Bertz CT molecular complexity index is 584. The first-order valence-corrected chi connectivity index (χ1v) is 7.05. The van der Waals surface area contributed by atoms with Crippen molar-refractivity contribution in [2.24, 2.45) is 5.84 Å². The average Bonchev–Trinajstić information content (AvgIpc) is 2.97. The van der Waals surface area contributed by atoms with Crippen molar-refractivity contribution in [1.29, 1.82) is 0 Å². The van der Waals surface area contributed by atoms with Crippen LogP contribution in [0.1, 0.15) is 41.8 Å². The molecule has 0 spiro atoms. The molecule has 0 aliphatic heterocycles. The van der Waals surface area contributed by atoms with Crippen LogP contribution in [0.3, 0.4) is 0 Å². The van der Waals surface area contributed by atoms with Crippen molar-refractivity contribution in [3.8, 4) is 0 Å². The van der Waals surface area contributed by atoms with Crippen molar-refractivity contribution in [3.05, 3.63) is 34.3 Å². The number of hydrazine groups is 1. The first kappa shape index (κ1) is 14.4. The smallest absolute Gasteiger partial charge is 0.272 e. The maximum Gasteiger partial charge on any atom is 0.272 e. The highest BCUT2D eigenvalue weighted by atomic mass is 32.1. The largest absolute Gasteiger partial charge is 0.345 e. The lowest BCUT2D eigenvalue weighted by atomic mass is 10.2. The number of amides is 1. The molecule has 0 aliphatic rings. The van der Waals surface area contributed by atoms with Gasteiger partial charge in [-0.05, 0) is 0 Å². The fraction of sp³-hybridized carbons (Fsp3) is 0.333. The first-order chi connectivity index (χ1) is 9.61. The van der Waals surface area contributed by atoms with Crippen LogP contribution in [0.5, 0.6) is 0 Å². The maximum atomic E-state index is 12.2. The lowest BCUT2D eigenvalue weighted by Crippen LogP contribution is -2.27. The Labute approximate surface area is 120 Å². The van der Waals surface area contributed by atoms with Crippen molar-refractivity contribution in [3.63, 3.8) is 0 Å². The Balaban J connectivity index is 2.16. The van der Waals surface area contributed by atoms with Gasteiger partial charge in [0.2, 0.25) is 0 Å². The molecule has 106 valence electrons. The van der Waals surface area contributed by atoms with Crippen molar-refractivity contribution >= 4 is 22.9 Å². The summed E-state index contributed by atoms with van der Waals surface area (Å²) in [4.78, 5) is 24.7. The van der Waals surface area contributed by atoms with E-state index in [1.165, 1.54) is 17.5 Å². The van der Waals surface area contributed by atoms with E-state index in [0.29, 0.717) is 18.1 Å². The van der Waals surface area contributed by atoms with Gasteiger partial charge in [-0.25, -0.2) is 15.0 Å². The third kappa shape index (κ3) is 3.28. The summed E-state index contributed by atoms with van der Waals surface area (Å²) < 4.78 is 0. The molecule has 20 heavy (non-hydrogen) atoms. The molecule has 0 saturated carbocycles. The second-order valence-electron chi connectivity index (χ2n) is 4.45. The summed E-state index contributed by atoms with van der Waals surface area (Å²) in [6, 6.07) is 0. The van der Waals surface area contributed by atoms with E-state index < -0.39 is 0 Å². The van der Waals surface area contributed by atoms with Crippen molar-refractivity contribution < 1.29 is 4.79 Å². The summed E-state index contributed by atoms with van der Waals surface area (Å²) >= 11 is 1.48. The zero-order valence-corrected chi connectivity index (χ0v) is 12.1. The van der Waals surface area contributed by atoms with E-state index in [9.17, 15) is 4.79 Å². The summed E-state index contributed by atoms with van der Waals surface area (Å²) in [6.07, 6.45) is 1.51. The number of nitrogen functional groups attached to an aromatic ring is 1. The van der Waals surface area contributed by atoms with Crippen molar-refractivity contribution in [2.75, 3.05) is 5.43 Å². The minimum Gasteiger partial charge on any atom is -0.345 e. The van der Waals surface area contributed by atoms with Crippen molar-refractivity contribution in [2.45, 2.75) is 26.3 Å². The van der Waals surface area contributed by atoms with Gasteiger partial charge in [0.15, 0.2) is 5.69 Å². The Morgan fingerprint density at radius 2 is 2.25 bits per heavy atom. The van der Waals surface area contributed by atoms with Gasteiger partial charge in [-0.2, -0.15) is 0 Å². The second-order valence-corrected chi connectivity index (χ2v) is 5.17. The molecule has 2 aromatic rings. The molecular weight excluding hydrogens is 276 g/mol. The predicted molar refractivity (Wildman–Crippen MR) is 77.2 cm³/mol. The van der Waals surface area contributed by atoms with E-state index in [2.05, 4.69) is 25.7 Å². The highest BCUT2D eigenvalue weighted by Crippen LogP contribution is 2.15. The number of carbonyl (C=O) groups is 1. The highest BCUT2D eigenvalue weighted by Gasteiger charge is 2.16. The number of nitrogens with two attached hydrogens (primary N) is 1. The van der Waals surface area contributed by atoms with Gasteiger partial charge in [0.1, 0.15) is 5.82 Å². The number of aromatic nitrogens is 3. The Kier molecular flexibility index (Phi) is 4.59. The van der Waals surface area contributed by atoms with E-state index in [0.717, 1.165) is 5.69 Å². The van der Waals surface area contributed by atoms with E-state index in [1.807, 2.05) is 19.2 Å². The molecule has 0 unspecified atom stereocenters. The molecular formula is C12H16N6OS. The molecule has 4 N–H and O–H groups in total. The zero-order valence-electron chi connectivity index (χ0n) is 11.3. The Morgan fingerprint density at radius 1 is 1.45 bits per heavy atom. The third-order valence-electron chi connectivity index (χ3n) is 2.61. The van der Waals surface area contributed by atoms with Crippen LogP contribution in [0, 0.1) is 0 Å². The highest BCUT2D eigenvalue weighted by molar-refractivity contribution is 7.07. The number of rotatable bonds is 5. The number of nitrogens with one attached hydrogen (secondary N) is 2. The molecule has 0 radical (unpaired) electrons. The number of hydrogen-bond donors (Lipinski definition) is 3. The molecule has 2 rings (SSSR count). The van der Waals surface area contributed by atoms with Gasteiger partial charge < -0.3 is 10.7 Å². The number of thiazole rings is 1. The Morgan fingerprint density at radius 3 is 2.85 bits per heavy atom. The van der Waals surface area contributed by atoms with Crippen LogP contribution in [0.25, 0.3) is 0 Å². The molecule has 0 fully saturated rings. The topological polar surface area (TPSA) is 106 Å². The van der Waals surface area contributed by atoms with Gasteiger partial charge in [-0.1, -0.05) is 13.8 Å². The minimum absolute atomic E-state index is 0.131. The zero-order chi connectivity index (χ0) is 14.5. The Hall–Kier alpha value is -2.06. The summed E-state index contributed by atoms with van der Waals surface area (Å²) in [7, 11) is 0. The normalized spacial score (nSPS) is 10.6. The molecule has 1 amide bonds. The predicted octanol–water partition coefficient (Wildman–Crippen LogP) is 1.27. The molecule has 2 heterocycles. The van der Waals surface area contributed by atoms with Crippen LogP contribution in [-0.2, 0) is 6.54 Å². The molecule has 7 nitrogen and oxygen atoms in total. The monoisotopic (exact) mass is 292 g/mol. The standard InChI is InChI=1S/C12H16N6OS/c1-7(2)11-14-4-9(18-13)10(17-11)12(19)15-3-8-5-20-6-16-8/h4-7,18H,3,13H2,1-2H3,(H,15,19). The molecule has 0 aliphatic carbocycles. The molecule has 0 saturated heterocycles. The van der Waals surface area contributed by atoms with E-state index in [1.54, 1.807) is 5.51 Å². The lowest BCUT2D eigenvalue weighted by Gasteiger charge is -2.11. The first-order valence-electron chi connectivity index (χ1n) is 6.10. The lowest BCUT2D eigenvalue weighted by molar-refractivity contribution is 0.0946. The molecule has 8 heteroatoms. The fourth-order valence-corrected chi connectivity index (χ4v) is 2.09. The van der Waals surface area contributed by atoms with Crippen molar-refractivity contribution in [1.82, 2.24) is 20.3 Å². The molecule has 2 aromatic heterocycles. The quantitative estimate of drug-likeness (QED) is 0.566. The summed E-state index contributed by atoms with van der Waals surface area (Å²) in [6.45, 7) is 4.27. The summed E-state index contributed by atoms with van der Waals surface area (Å²) in [5.41, 5.74) is 5.59. The van der Waals surface area contributed by atoms with Gasteiger partial charge in [0, 0.05) is 11.3 Å². The van der Waals surface area contributed by atoms with Crippen LogP contribution >= 0.6 is 11.3 Å². The van der Waals surface area contributed by atoms with Gasteiger partial charge >= 0.3 is 0 Å². The maximum absolute atomic E-state index is 12.2. The van der Waals surface area contributed by atoms with E-state index in [4.69, 9.17) is 5.84 Å². The second kappa shape index (κ2) is 6.40. The SMILES string of the molecule is CC(C)c1ncc(NN)c(C(=O)NCc2cscn2)n1. The number of anilines is 1. The van der Waals surface area contributed by atoms with Crippen LogP contribution in [-0.4, -0.2) is 20.9 Å². The summed E-state index contributed by atoms with van der Waals surface area (Å²) in [5.74, 6) is 5.81. The van der Waals surface area contributed by atoms with Crippen LogP contribution in [0.2, 0.25) is 0 Å². The number of nitrogens with zero attached hydrogens (tertiary/aromatic N) is 3. The molecule has 0 bridgehead atoms. The average molecular weight is 292 g/mol. The van der Waals surface area contributed by atoms with Crippen LogP contribution in [0.15, 0.2) is 17.1 Å². The van der Waals surface area contributed by atoms with Crippen LogP contribution < -0.4 is 16.6 Å². The molecule has 0 atom stereocenters. The van der Waals surface area contributed by atoms with Gasteiger partial charge in [-0.15, -0.1) is 11.3 Å². The summed E-state index contributed by atoms with van der Waals surface area (Å²) in [5, 5.41) is 4.64. The fourth-order valence-electron chi connectivity index (χ4n) is 1.53. The van der Waals surface area contributed by atoms with Gasteiger partial charge in [0.25, 0.3) is 5.91 Å². The number of hydrogen-bond acceptors (Lipinski definition) is 7. The molecule has 0 aromatic carbocycles. The van der Waals surface area contributed by atoms with E-state index >= 15 is 0 Å². The minimum atomic E-state index is -0.310. The number of carbonyl (C=O) groups excluding carboxylic acids is 1. The van der Waals surface area contributed by atoms with Crippen LogP contribution in [0.4, 0.5) is 5.69 Å².